The zero-order chi connectivity index (χ0) is 20.2. The average Bonchev–Trinajstić information content (AvgIpc) is 2.79. The monoisotopic (exact) mass is 395 g/mol. The summed E-state index contributed by atoms with van der Waals surface area (Å²) in [5.41, 5.74) is 1.76. The molecule has 1 aliphatic heterocycles. The van der Waals surface area contributed by atoms with Crippen molar-refractivity contribution < 1.29 is 19.0 Å². The lowest BCUT2D eigenvalue weighted by Crippen LogP contribution is -2.51. The molecule has 1 N–H and O–H groups in total. The van der Waals surface area contributed by atoms with Crippen LogP contribution in [0.3, 0.4) is 0 Å². The number of carbonyl (C=O) groups is 1. The molecular weight excluding hydrogens is 366 g/mol. The summed E-state index contributed by atoms with van der Waals surface area (Å²) in [4.78, 5) is 12.8. The maximum absolute atomic E-state index is 12.8. The molecule has 0 spiro atoms. The molecule has 2 aromatic rings. The van der Waals surface area contributed by atoms with Crippen molar-refractivity contribution in [1.82, 2.24) is 5.32 Å². The molecule has 1 aliphatic carbocycles. The second kappa shape index (κ2) is 8.87. The van der Waals surface area contributed by atoms with Crippen LogP contribution in [0.15, 0.2) is 48.5 Å². The third kappa shape index (κ3) is 4.25. The Kier molecular flexibility index (Phi) is 6.05. The first-order valence-corrected chi connectivity index (χ1v) is 10.4. The van der Waals surface area contributed by atoms with Crippen molar-refractivity contribution in [3.8, 4) is 11.5 Å². The third-order valence-corrected chi connectivity index (χ3v) is 6.21. The minimum Gasteiger partial charge on any atom is -0.493 e. The summed E-state index contributed by atoms with van der Waals surface area (Å²) in [7, 11) is 3.28. The van der Waals surface area contributed by atoms with Gasteiger partial charge in [0.1, 0.15) is 0 Å². The lowest BCUT2D eigenvalue weighted by atomic mass is 9.76. The molecule has 1 amide bonds. The maximum atomic E-state index is 12.8. The molecule has 4 rings (SSSR count). The van der Waals surface area contributed by atoms with Gasteiger partial charge < -0.3 is 19.5 Å². The van der Waals surface area contributed by atoms with Crippen LogP contribution in [0.1, 0.15) is 54.1 Å². The number of ether oxygens (including phenoxy) is 3. The van der Waals surface area contributed by atoms with Gasteiger partial charge in [0, 0.05) is 17.5 Å². The molecule has 1 heterocycles. The summed E-state index contributed by atoms with van der Waals surface area (Å²) >= 11 is 0. The van der Waals surface area contributed by atoms with E-state index in [0.717, 1.165) is 24.8 Å². The van der Waals surface area contributed by atoms with E-state index in [1.165, 1.54) is 12.8 Å². The molecule has 0 radical (unpaired) electrons. The molecule has 2 aromatic carbocycles. The van der Waals surface area contributed by atoms with Gasteiger partial charge in [-0.25, -0.2) is 0 Å². The molecule has 0 aromatic heterocycles. The van der Waals surface area contributed by atoms with E-state index in [-0.39, 0.29) is 24.2 Å². The zero-order valence-electron chi connectivity index (χ0n) is 17.1. The lowest BCUT2D eigenvalue weighted by Gasteiger charge is -2.45. The first kappa shape index (κ1) is 19.8. The van der Waals surface area contributed by atoms with Gasteiger partial charge in [-0.1, -0.05) is 37.1 Å². The summed E-state index contributed by atoms with van der Waals surface area (Å²) in [6.07, 6.45) is 5.39. The number of carbonyl (C=O) groups excluding carboxylic acids is 1. The van der Waals surface area contributed by atoms with Gasteiger partial charge in [0.2, 0.25) is 0 Å². The fourth-order valence-corrected chi connectivity index (χ4v) is 4.70. The van der Waals surface area contributed by atoms with Crippen LogP contribution in [0.2, 0.25) is 0 Å². The van der Waals surface area contributed by atoms with Gasteiger partial charge in [0.15, 0.2) is 11.5 Å². The van der Waals surface area contributed by atoms with E-state index >= 15 is 0 Å². The van der Waals surface area contributed by atoms with Crippen LogP contribution in [0.5, 0.6) is 11.5 Å². The molecule has 0 unspecified atom stereocenters. The fraction of sp³-hybridized carbons (Fsp3) is 0.458. The predicted octanol–water partition coefficient (Wildman–Crippen LogP) is 4.52. The molecule has 0 bridgehead atoms. The Morgan fingerprint density at radius 3 is 2.52 bits per heavy atom. The Labute approximate surface area is 172 Å². The molecule has 29 heavy (non-hydrogen) atoms. The standard InChI is InChI=1S/C24H29NO4/c1-27-21-13-12-17(14-23(21)28-2)22-15-19(18-10-6-7-11-20(18)29-22)25-24(26)16-8-4-3-5-9-16/h3-5,8-9,12-14,18-20,22H,6-7,10-11,15H2,1-2H3,(H,25,26)/t18-,19+,20+,22+/m0/s1. The molecule has 4 atom stereocenters. The molecular formula is C24H29NO4. The highest BCUT2D eigenvalue weighted by Crippen LogP contribution is 2.43. The fourth-order valence-electron chi connectivity index (χ4n) is 4.70. The maximum Gasteiger partial charge on any atom is 0.251 e. The van der Waals surface area contributed by atoms with Crippen molar-refractivity contribution in [2.75, 3.05) is 14.2 Å². The quantitative estimate of drug-likeness (QED) is 0.809. The Morgan fingerprint density at radius 1 is 1.00 bits per heavy atom. The largest absolute Gasteiger partial charge is 0.493 e. The molecule has 2 aliphatic rings. The van der Waals surface area contributed by atoms with Crippen molar-refractivity contribution in [3.05, 3.63) is 59.7 Å². The summed E-state index contributed by atoms with van der Waals surface area (Å²) in [6.45, 7) is 0. The average molecular weight is 395 g/mol. The molecule has 2 fully saturated rings. The summed E-state index contributed by atoms with van der Waals surface area (Å²) in [5.74, 6) is 1.77. The third-order valence-electron chi connectivity index (χ3n) is 6.21. The van der Waals surface area contributed by atoms with Crippen LogP contribution in [0, 0.1) is 5.92 Å². The summed E-state index contributed by atoms with van der Waals surface area (Å²) in [6, 6.07) is 15.5. The Morgan fingerprint density at radius 2 is 1.76 bits per heavy atom. The lowest BCUT2D eigenvalue weighted by molar-refractivity contribution is -0.113. The highest BCUT2D eigenvalue weighted by atomic mass is 16.5. The first-order valence-electron chi connectivity index (χ1n) is 10.4. The number of nitrogens with one attached hydrogen (secondary N) is 1. The van der Waals surface area contributed by atoms with E-state index < -0.39 is 0 Å². The molecule has 5 heteroatoms. The van der Waals surface area contributed by atoms with Gasteiger partial charge in [-0.05, 0) is 49.1 Å². The van der Waals surface area contributed by atoms with Crippen molar-refractivity contribution in [1.29, 1.82) is 0 Å². The Hall–Kier alpha value is -2.53. The van der Waals surface area contributed by atoms with Crippen LogP contribution in [-0.2, 0) is 4.74 Å². The number of methoxy groups -OCH3 is 2. The van der Waals surface area contributed by atoms with Gasteiger partial charge in [0.05, 0.1) is 26.4 Å². The topological polar surface area (TPSA) is 56.8 Å². The zero-order valence-corrected chi connectivity index (χ0v) is 17.1. The summed E-state index contributed by atoms with van der Waals surface area (Å²) < 4.78 is 17.4. The minimum absolute atomic E-state index is 0.00659. The van der Waals surface area contributed by atoms with Gasteiger partial charge in [-0.3, -0.25) is 4.79 Å². The normalized spacial score (nSPS) is 26.3. The summed E-state index contributed by atoms with van der Waals surface area (Å²) in [5, 5.41) is 3.31. The first-order chi connectivity index (χ1) is 14.2. The van der Waals surface area contributed by atoms with Crippen LogP contribution >= 0.6 is 0 Å². The van der Waals surface area contributed by atoms with Crippen molar-refractivity contribution in [3.63, 3.8) is 0 Å². The second-order valence-electron chi connectivity index (χ2n) is 7.91. The number of fused-ring (bicyclic) bond motifs is 1. The Balaban J connectivity index is 1.56. The second-order valence-corrected chi connectivity index (χ2v) is 7.91. The van der Waals surface area contributed by atoms with E-state index in [1.54, 1.807) is 14.2 Å². The van der Waals surface area contributed by atoms with E-state index in [2.05, 4.69) is 5.32 Å². The molecule has 5 nitrogen and oxygen atoms in total. The van der Waals surface area contributed by atoms with Gasteiger partial charge >= 0.3 is 0 Å². The SMILES string of the molecule is COc1ccc([C@H]2C[C@@H](NC(=O)c3ccccc3)[C@@H]3CCCC[C@H]3O2)cc1OC. The van der Waals surface area contributed by atoms with Gasteiger partial charge in [-0.15, -0.1) is 0 Å². The van der Waals surface area contributed by atoms with E-state index in [9.17, 15) is 4.79 Å². The highest BCUT2D eigenvalue weighted by molar-refractivity contribution is 5.94. The molecule has 154 valence electrons. The van der Waals surface area contributed by atoms with Crippen LogP contribution < -0.4 is 14.8 Å². The number of amides is 1. The molecule has 1 saturated heterocycles. The van der Waals surface area contributed by atoms with Crippen LogP contribution in [-0.4, -0.2) is 32.3 Å². The smallest absolute Gasteiger partial charge is 0.251 e. The molecule has 1 saturated carbocycles. The van der Waals surface area contributed by atoms with E-state index in [4.69, 9.17) is 14.2 Å². The minimum atomic E-state index is -0.0739. The Bertz CT molecular complexity index is 838. The van der Waals surface area contributed by atoms with Crippen molar-refractivity contribution in [2.24, 2.45) is 5.92 Å². The predicted molar refractivity (Wildman–Crippen MR) is 111 cm³/mol. The highest BCUT2D eigenvalue weighted by Gasteiger charge is 2.41. The number of hydrogen-bond donors (Lipinski definition) is 1. The van der Waals surface area contributed by atoms with Crippen molar-refractivity contribution >= 4 is 5.91 Å². The number of benzene rings is 2. The van der Waals surface area contributed by atoms with E-state index in [0.29, 0.717) is 23.0 Å². The van der Waals surface area contributed by atoms with Gasteiger partial charge in [0.25, 0.3) is 5.91 Å². The number of hydrogen-bond acceptors (Lipinski definition) is 4. The van der Waals surface area contributed by atoms with Crippen molar-refractivity contribution in [2.45, 2.75) is 50.4 Å². The van der Waals surface area contributed by atoms with Crippen LogP contribution in [0.25, 0.3) is 0 Å². The van der Waals surface area contributed by atoms with E-state index in [1.807, 2.05) is 48.5 Å². The number of rotatable bonds is 5. The van der Waals surface area contributed by atoms with Crippen LogP contribution in [0.4, 0.5) is 0 Å². The van der Waals surface area contributed by atoms with Gasteiger partial charge in [-0.2, -0.15) is 0 Å².